The first-order chi connectivity index (χ1) is 11.2. The van der Waals surface area contributed by atoms with E-state index in [1.807, 2.05) is 0 Å². The number of ether oxygens (including phenoxy) is 1. The maximum atomic E-state index is 6.14. The Hall–Kier alpha value is -1.80. The molecular weight excluding hydrogens is 282 g/mol. The third kappa shape index (κ3) is 4.35. The van der Waals surface area contributed by atoms with E-state index < -0.39 is 0 Å². The Morgan fingerprint density at radius 3 is 2.30 bits per heavy atom. The molecule has 2 aromatic carbocycles. The van der Waals surface area contributed by atoms with E-state index in [-0.39, 0.29) is 0 Å². The van der Waals surface area contributed by atoms with Crippen molar-refractivity contribution in [1.82, 2.24) is 0 Å². The summed E-state index contributed by atoms with van der Waals surface area (Å²) in [6.07, 6.45) is 1.38. The topological polar surface area (TPSA) is 13.7 Å². The number of benzene rings is 2. The number of para-hydroxylation sites is 1. The van der Waals surface area contributed by atoms with Crippen molar-refractivity contribution in [3.63, 3.8) is 0 Å². The molecule has 0 spiro atoms. The Balaban J connectivity index is 1.61. The standard InChI is InChI=1S/C21H27NO/c1-17-14-18(2)16-22(15-17)12-13-23-21-11-7-6-10-20(21)19-8-4-3-5-9-19/h3-11,17-18H,12-16H2,1-2H3/p+1/t17-,18-/m1/s1. The first kappa shape index (κ1) is 16.1. The zero-order valence-electron chi connectivity index (χ0n) is 14.3. The molecule has 1 saturated heterocycles. The van der Waals surface area contributed by atoms with Crippen LogP contribution in [0.2, 0.25) is 0 Å². The number of rotatable bonds is 5. The maximum absolute atomic E-state index is 6.14. The van der Waals surface area contributed by atoms with Gasteiger partial charge in [-0.3, -0.25) is 0 Å². The van der Waals surface area contributed by atoms with Gasteiger partial charge in [-0.1, -0.05) is 62.4 Å². The summed E-state index contributed by atoms with van der Waals surface area (Å²) in [5, 5.41) is 0. The van der Waals surface area contributed by atoms with Gasteiger partial charge in [-0.25, -0.2) is 0 Å². The van der Waals surface area contributed by atoms with Crippen LogP contribution in [0.15, 0.2) is 54.6 Å². The second kappa shape index (κ2) is 7.65. The minimum atomic E-state index is 0.790. The van der Waals surface area contributed by atoms with E-state index in [0.717, 1.165) is 30.7 Å². The van der Waals surface area contributed by atoms with Crippen molar-refractivity contribution in [3.8, 4) is 16.9 Å². The minimum Gasteiger partial charge on any atom is -0.487 e. The molecule has 0 unspecified atom stereocenters. The Morgan fingerprint density at radius 2 is 1.57 bits per heavy atom. The second-order valence-corrected chi connectivity index (χ2v) is 7.06. The third-order valence-corrected chi connectivity index (χ3v) is 4.76. The molecule has 0 saturated carbocycles. The SMILES string of the molecule is C[C@@H]1C[C@@H](C)C[NH+](CCOc2ccccc2-c2ccccc2)C1. The Kier molecular flexibility index (Phi) is 5.35. The summed E-state index contributed by atoms with van der Waals surface area (Å²) in [5.74, 6) is 2.67. The fourth-order valence-electron chi connectivity index (χ4n) is 3.88. The molecule has 3 rings (SSSR count). The number of piperidine rings is 1. The van der Waals surface area contributed by atoms with Crippen molar-refractivity contribution in [2.75, 3.05) is 26.2 Å². The van der Waals surface area contributed by atoms with Crippen LogP contribution in [-0.2, 0) is 0 Å². The molecule has 23 heavy (non-hydrogen) atoms. The van der Waals surface area contributed by atoms with E-state index in [4.69, 9.17) is 4.74 Å². The van der Waals surface area contributed by atoms with Crippen molar-refractivity contribution in [2.24, 2.45) is 11.8 Å². The number of quaternary nitrogens is 1. The molecule has 1 aliphatic rings. The normalized spacial score (nSPS) is 24.3. The molecule has 0 radical (unpaired) electrons. The number of likely N-dealkylation sites (tertiary alicyclic amines) is 1. The summed E-state index contributed by atoms with van der Waals surface area (Å²) in [6, 6.07) is 18.8. The largest absolute Gasteiger partial charge is 0.487 e. The van der Waals surface area contributed by atoms with E-state index >= 15 is 0 Å². The molecule has 0 aliphatic carbocycles. The van der Waals surface area contributed by atoms with Crippen LogP contribution in [0, 0.1) is 11.8 Å². The molecule has 1 heterocycles. The highest BCUT2D eigenvalue weighted by Gasteiger charge is 2.24. The summed E-state index contributed by atoms with van der Waals surface area (Å²) in [6.45, 7) is 9.21. The highest BCUT2D eigenvalue weighted by molar-refractivity contribution is 5.70. The second-order valence-electron chi connectivity index (χ2n) is 7.06. The van der Waals surface area contributed by atoms with Crippen molar-refractivity contribution in [2.45, 2.75) is 20.3 Å². The number of hydrogen-bond donors (Lipinski definition) is 1. The van der Waals surface area contributed by atoms with Crippen LogP contribution in [0.25, 0.3) is 11.1 Å². The van der Waals surface area contributed by atoms with E-state index in [2.05, 4.69) is 68.4 Å². The van der Waals surface area contributed by atoms with Crippen molar-refractivity contribution >= 4 is 0 Å². The fourth-order valence-corrected chi connectivity index (χ4v) is 3.88. The Morgan fingerprint density at radius 1 is 0.913 bits per heavy atom. The first-order valence-corrected chi connectivity index (χ1v) is 8.83. The lowest BCUT2D eigenvalue weighted by atomic mass is 9.92. The molecular formula is C21H28NO+. The van der Waals surface area contributed by atoms with Gasteiger partial charge in [0.15, 0.2) is 0 Å². The Labute approximate surface area is 140 Å². The molecule has 0 aromatic heterocycles. The smallest absolute Gasteiger partial charge is 0.137 e. The summed E-state index contributed by atoms with van der Waals surface area (Å²) in [4.78, 5) is 1.69. The van der Waals surface area contributed by atoms with Gasteiger partial charge < -0.3 is 9.64 Å². The molecule has 1 N–H and O–H groups in total. The molecule has 0 amide bonds. The molecule has 2 aromatic rings. The van der Waals surface area contributed by atoms with Gasteiger partial charge in [-0.2, -0.15) is 0 Å². The van der Waals surface area contributed by atoms with Crippen LogP contribution in [0.1, 0.15) is 20.3 Å². The van der Waals surface area contributed by atoms with Gasteiger partial charge in [0.25, 0.3) is 0 Å². The predicted molar refractivity (Wildman–Crippen MR) is 95.9 cm³/mol. The summed E-state index contributed by atoms with van der Waals surface area (Å²) >= 11 is 0. The monoisotopic (exact) mass is 310 g/mol. The molecule has 122 valence electrons. The van der Waals surface area contributed by atoms with Gasteiger partial charge in [-0.05, 0) is 18.1 Å². The highest BCUT2D eigenvalue weighted by atomic mass is 16.5. The number of nitrogens with one attached hydrogen (secondary N) is 1. The van der Waals surface area contributed by atoms with Gasteiger partial charge in [0.05, 0.1) is 13.1 Å². The van der Waals surface area contributed by atoms with Crippen LogP contribution in [0.4, 0.5) is 0 Å². The molecule has 0 bridgehead atoms. The van der Waals surface area contributed by atoms with Crippen molar-refractivity contribution in [3.05, 3.63) is 54.6 Å². The van der Waals surface area contributed by atoms with Crippen molar-refractivity contribution in [1.29, 1.82) is 0 Å². The zero-order valence-corrected chi connectivity index (χ0v) is 14.3. The van der Waals surface area contributed by atoms with E-state index in [0.29, 0.717) is 0 Å². The van der Waals surface area contributed by atoms with Crippen molar-refractivity contribution < 1.29 is 9.64 Å². The molecule has 2 nitrogen and oxygen atoms in total. The molecule has 1 fully saturated rings. The zero-order chi connectivity index (χ0) is 16.1. The average Bonchev–Trinajstić information content (AvgIpc) is 2.55. The Bertz CT molecular complexity index is 600. The summed E-state index contributed by atoms with van der Waals surface area (Å²) in [7, 11) is 0. The number of hydrogen-bond acceptors (Lipinski definition) is 1. The maximum Gasteiger partial charge on any atom is 0.137 e. The summed E-state index contributed by atoms with van der Waals surface area (Å²) in [5.41, 5.74) is 2.40. The fraction of sp³-hybridized carbons (Fsp3) is 0.429. The van der Waals surface area contributed by atoms with Crippen LogP contribution in [0.5, 0.6) is 5.75 Å². The lowest BCUT2D eigenvalue weighted by Crippen LogP contribution is -3.14. The molecule has 2 atom stereocenters. The van der Waals surface area contributed by atoms with Gasteiger partial charge in [0.1, 0.15) is 18.9 Å². The summed E-state index contributed by atoms with van der Waals surface area (Å²) < 4.78 is 6.14. The lowest BCUT2D eigenvalue weighted by molar-refractivity contribution is -0.912. The lowest BCUT2D eigenvalue weighted by Gasteiger charge is -2.31. The quantitative estimate of drug-likeness (QED) is 0.894. The van der Waals surface area contributed by atoms with Crippen LogP contribution in [0.3, 0.4) is 0 Å². The first-order valence-electron chi connectivity index (χ1n) is 8.83. The van der Waals surface area contributed by atoms with Crippen LogP contribution in [-0.4, -0.2) is 26.2 Å². The highest BCUT2D eigenvalue weighted by Crippen LogP contribution is 2.29. The van der Waals surface area contributed by atoms with Gasteiger partial charge in [0, 0.05) is 17.4 Å². The van der Waals surface area contributed by atoms with Gasteiger partial charge >= 0.3 is 0 Å². The van der Waals surface area contributed by atoms with E-state index in [1.165, 1.54) is 30.6 Å². The van der Waals surface area contributed by atoms with Crippen LogP contribution >= 0.6 is 0 Å². The molecule has 1 aliphatic heterocycles. The van der Waals surface area contributed by atoms with Crippen LogP contribution < -0.4 is 9.64 Å². The minimum absolute atomic E-state index is 0.790. The third-order valence-electron chi connectivity index (χ3n) is 4.76. The molecule has 2 heteroatoms. The van der Waals surface area contributed by atoms with Gasteiger partial charge in [-0.15, -0.1) is 0 Å². The average molecular weight is 310 g/mol. The van der Waals surface area contributed by atoms with E-state index in [9.17, 15) is 0 Å². The van der Waals surface area contributed by atoms with E-state index in [1.54, 1.807) is 4.90 Å². The van der Waals surface area contributed by atoms with Gasteiger partial charge in [0.2, 0.25) is 0 Å². The predicted octanol–water partition coefficient (Wildman–Crippen LogP) is 3.29.